The summed E-state index contributed by atoms with van der Waals surface area (Å²) in [7, 11) is 0. The van der Waals surface area contributed by atoms with Crippen LogP contribution in [-0.4, -0.2) is 66.2 Å². The van der Waals surface area contributed by atoms with Gasteiger partial charge in [0.05, 0.1) is 0 Å². The van der Waals surface area contributed by atoms with Crippen LogP contribution in [-0.2, 0) is 14.9 Å². The Balaban J connectivity index is 1.13. The molecule has 6 nitrogen and oxygen atoms in total. The van der Waals surface area contributed by atoms with Crippen LogP contribution in [0.3, 0.4) is 0 Å². The Morgan fingerprint density at radius 1 is 1.06 bits per heavy atom. The number of nitrogens with zero attached hydrogens (tertiary/aromatic N) is 3. The highest BCUT2D eigenvalue weighted by molar-refractivity contribution is 5.94. The lowest BCUT2D eigenvalue weighted by Gasteiger charge is -2.42. The molecule has 2 saturated carbocycles. The molecule has 6 rings (SSSR count). The van der Waals surface area contributed by atoms with Crippen molar-refractivity contribution in [2.45, 2.75) is 88.3 Å². The van der Waals surface area contributed by atoms with Crippen molar-refractivity contribution >= 4 is 17.7 Å². The van der Waals surface area contributed by atoms with E-state index in [0.29, 0.717) is 24.5 Å². The van der Waals surface area contributed by atoms with E-state index in [-0.39, 0.29) is 29.3 Å². The summed E-state index contributed by atoms with van der Waals surface area (Å²) in [6.07, 6.45) is 9.57. The molecule has 0 radical (unpaired) electrons. The number of likely N-dealkylation sites (tertiary alicyclic amines) is 2. The Morgan fingerprint density at radius 3 is 2.56 bits per heavy atom. The molecule has 1 aromatic rings. The normalized spacial score (nSPS) is 30.7. The molecule has 0 N–H and O–H groups in total. The largest absolute Gasteiger partial charge is 0.446 e. The fraction of sp³-hybridized carbons (Fsp3) is 0.704. The standard InChI is InChI=1S/C27H36FN3O3/c1-18(32)31-17-27(23-15-20(28)7-8-24(23)31)9-12-29(13-10-27)21-14-19-4-3-11-30(25(19)16-21)26(33)34-22-5-2-6-22/h7-8,15,19,21-22,25H,2-6,9-14,16-17H2,1H3. The molecule has 3 unspecified atom stereocenters. The first kappa shape index (κ1) is 22.3. The van der Waals surface area contributed by atoms with Gasteiger partial charge in [-0.2, -0.15) is 0 Å². The minimum atomic E-state index is -0.222. The third kappa shape index (κ3) is 3.71. The number of anilines is 1. The average Bonchev–Trinajstić information content (AvgIpc) is 3.37. The van der Waals surface area contributed by atoms with E-state index in [0.717, 1.165) is 75.8 Å². The number of carbonyl (C=O) groups is 2. The predicted molar refractivity (Wildman–Crippen MR) is 127 cm³/mol. The maximum Gasteiger partial charge on any atom is 0.410 e. The van der Waals surface area contributed by atoms with E-state index in [9.17, 15) is 14.0 Å². The molecule has 184 valence electrons. The molecule has 2 amide bonds. The van der Waals surface area contributed by atoms with E-state index in [1.807, 2.05) is 9.80 Å². The highest BCUT2D eigenvalue weighted by Crippen LogP contribution is 2.49. The number of halogens is 1. The molecule has 7 heteroatoms. The molecule has 3 heterocycles. The number of carbonyl (C=O) groups excluding carboxylic acids is 2. The lowest BCUT2D eigenvalue weighted by molar-refractivity contribution is -0.116. The van der Waals surface area contributed by atoms with Crippen LogP contribution in [0.2, 0.25) is 0 Å². The molecule has 3 aliphatic heterocycles. The summed E-state index contributed by atoms with van der Waals surface area (Å²) in [5.41, 5.74) is 1.74. The van der Waals surface area contributed by atoms with Gasteiger partial charge in [0, 0.05) is 43.2 Å². The summed E-state index contributed by atoms with van der Waals surface area (Å²) < 4.78 is 19.9. The van der Waals surface area contributed by atoms with Crippen LogP contribution in [0.25, 0.3) is 0 Å². The van der Waals surface area contributed by atoms with Gasteiger partial charge in [-0.25, -0.2) is 9.18 Å². The quantitative estimate of drug-likeness (QED) is 0.642. The van der Waals surface area contributed by atoms with Crippen LogP contribution in [0.4, 0.5) is 14.9 Å². The van der Waals surface area contributed by atoms with E-state index in [1.165, 1.54) is 18.9 Å². The van der Waals surface area contributed by atoms with Crippen molar-refractivity contribution in [3.63, 3.8) is 0 Å². The highest BCUT2D eigenvalue weighted by Gasteiger charge is 2.49. The summed E-state index contributed by atoms with van der Waals surface area (Å²) in [5, 5.41) is 0. The van der Waals surface area contributed by atoms with Crippen molar-refractivity contribution < 1.29 is 18.7 Å². The summed E-state index contributed by atoms with van der Waals surface area (Å²) in [4.78, 5) is 31.6. The fourth-order valence-corrected chi connectivity index (χ4v) is 7.35. The monoisotopic (exact) mass is 469 g/mol. The molecule has 3 atom stereocenters. The lowest BCUT2D eigenvalue weighted by atomic mass is 9.74. The van der Waals surface area contributed by atoms with Gasteiger partial charge < -0.3 is 19.4 Å². The molecule has 1 aromatic carbocycles. The van der Waals surface area contributed by atoms with Crippen molar-refractivity contribution in [2.24, 2.45) is 5.92 Å². The Labute approximate surface area is 201 Å². The number of ether oxygens (including phenoxy) is 1. The van der Waals surface area contributed by atoms with Crippen molar-refractivity contribution in [1.82, 2.24) is 9.80 Å². The Morgan fingerprint density at radius 2 is 1.85 bits per heavy atom. The first-order valence-electron chi connectivity index (χ1n) is 13.2. The van der Waals surface area contributed by atoms with Crippen molar-refractivity contribution in [3.05, 3.63) is 29.6 Å². The van der Waals surface area contributed by atoms with Gasteiger partial charge >= 0.3 is 6.09 Å². The van der Waals surface area contributed by atoms with Gasteiger partial charge in [0.25, 0.3) is 0 Å². The molecule has 0 bridgehead atoms. The second kappa shape index (κ2) is 8.51. The van der Waals surface area contributed by atoms with Crippen molar-refractivity contribution in [3.8, 4) is 0 Å². The molecule has 1 spiro atoms. The summed E-state index contributed by atoms with van der Waals surface area (Å²) in [6.45, 7) is 5.00. The number of amides is 2. The molecule has 5 aliphatic rings. The number of piperidine rings is 2. The number of hydrogen-bond donors (Lipinski definition) is 0. The van der Waals surface area contributed by atoms with Crippen molar-refractivity contribution in [1.29, 1.82) is 0 Å². The Hall–Kier alpha value is -2.15. The zero-order valence-corrected chi connectivity index (χ0v) is 20.2. The van der Waals surface area contributed by atoms with Gasteiger partial charge in [-0.15, -0.1) is 0 Å². The third-order valence-electron chi connectivity index (χ3n) is 9.49. The Kier molecular flexibility index (Phi) is 5.58. The molecule has 2 saturated heterocycles. The van der Waals surface area contributed by atoms with E-state index >= 15 is 0 Å². The summed E-state index contributed by atoms with van der Waals surface area (Å²) in [6, 6.07) is 5.68. The van der Waals surface area contributed by atoms with Gasteiger partial charge in [-0.1, -0.05) is 0 Å². The van der Waals surface area contributed by atoms with Crippen LogP contribution in [0.5, 0.6) is 0 Å². The first-order valence-corrected chi connectivity index (χ1v) is 13.2. The number of rotatable bonds is 2. The minimum Gasteiger partial charge on any atom is -0.446 e. The van der Waals surface area contributed by atoms with Gasteiger partial charge in [-0.3, -0.25) is 4.79 Å². The zero-order chi connectivity index (χ0) is 23.4. The number of fused-ring (bicyclic) bond motifs is 3. The van der Waals surface area contributed by atoms with E-state index < -0.39 is 0 Å². The molecule has 2 aliphatic carbocycles. The lowest BCUT2D eigenvalue weighted by Crippen LogP contribution is -2.49. The highest BCUT2D eigenvalue weighted by atomic mass is 19.1. The second-order valence-electron chi connectivity index (χ2n) is 11.3. The maximum absolute atomic E-state index is 14.2. The summed E-state index contributed by atoms with van der Waals surface area (Å²) in [5.74, 6) is 0.374. The van der Waals surface area contributed by atoms with Gasteiger partial charge in [0.2, 0.25) is 5.91 Å². The number of hydrogen-bond acceptors (Lipinski definition) is 4. The molecular formula is C27H36FN3O3. The SMILES string of the molecule is CC(=O)N1CC2(CCN(C3CC4CCCN(C(=O)OC5CCC5)C4C3)CC2)c2cc(F)ccc21. The topological polar surface area (TPSA) is 53.1 Å². The Bertz CT molecular complexity index is 972. The molecular weight excluding hydrogens is 433 g/mol. The number of benzene rings is 1. The summed E-state index contributed by atoms with van der Waals surface area (Å²) >= 11 is 0. The third-order valence-corrected chi connectivity index (χ3v) is 9.49. The van der Waals surface area contributed by atoms with E-state index in [4.69, 9.17) is 4.74 Å². The van der Waals surface area contributed by atoms with Crippen LogP contribution < -0.4 is 4.90 Å². The second-order valence-corrected chi connectivity index (χ2v) is 11.3. The molecule has 34 heavy (non-hydrogen) atoms. The van der Waals surface area contributed by atoms with Gasteiger partial charge in [0.1, 0.15) is 11.9 Å². The molecule has 0 aromatic heterocycles. The smallest absolute Gasteiger partial charge is 0.410 e. The van der Waals surface area contributed by atoms with Crippen LogP contribution in [0.1, 0.15) is 70.3 Å². The predicted octanol–water partition coefficient (Wildman–Crippen LogP) is 4.46. The van der Waals surface area contributed by atoms with Crippen LogP contribution in [0, 0.1) is 11.7 Å². The fourth-order valence-electron chi connectivity index (χ4n) is 7.35. The molecule has 4 fully saturated rings. The van der Waals surface area contributed by atoms with Crippen LogP contribution >= 0.6 is 0 Å². The van der Waals surface area contributed by atoms with Crippen molar-refractivity contribution in [2.75, 3.05) is 31.1 Å². The van der Waals surface area contributed by atoms with Gasteiger partial charge in [0.15, 0.2) is 0 Å². The average molecular weight is 470 g/mol. The minimum absolute atomic E-state index is 0.0286. The zero-order valence-electron chi connectivity index (χ0n) is 20.2. The van der Waals surface area contributed by atoms with Crippen LogP contribution in [0.15, 0.2) is 18.2 Å². The maximum atomic E-state index is 14.2. The first-order chi connectivity index (χ1) is 16.4. The van der Waals surface area contributed by atoms with E-state index in [2.05, 4.69) is 4.90 Å². The van der Waals surface area contributed by atoms with Gasteiger partial charge in [-0.05, 0) is 101 Å². The van der Waals surface area contributed by atoms with E-state index in [1.54, 1.807) is 19.1 Å².